The fraction of sp³-hybridized carbons (Fsp3) is 0.619. The van der Waals surface area contributed by atoms with Crippen LogP contribution in [0.5, 0.6) is 0 Å². The fourth-order valence-corrected chi connectivity index (χ4v) is 5.32. The van der Waals surface area contributed by atoms with Gasteiger partial charge in [0.15, 0.2) is 0 Å². The normalized spacial score (nSPS) is 21.4. The van der Waals surface area contributed by atoms with Crippen molar-refractivity contribution in [1.82, 2.24) is 13.9 Å². The zero-order valence-corrected chi connectivity index (χ0v) is 18.6. The van der Waals surface area contributed by atoms with Crippen LogP contribution < -0.4 is 10.6 Å². The molecule has 0 radical (unpaired) electrons. The van der Waals surface area contributed by atoms with Gasteiger partial charge in [0.1, 0.15) is 0 Å². The van der Waals surface area contributed by atoms with E-state index in [0.29, 0.717) is 30.6 Å². The van der Waals surface area contributed by atoms with Crippen LogP contribution in [0.15, 0.2) is 24.3 Å². The summed E-state index contributed by atoms with van der Waals surface area (Å²) in [6.07, 6.45) is 6.66. The summed E-state index contributed by atoms with van der Waals surface area (Å²) in [7, 11) is -0.582. The standard InChI is InChI=1S/C21H32N4O4S/c1-24(2)30(28,29)25-14-8-9-16(15-25)20(26)23-19-13-7-6-12-18(19)21(27)22-17-10-4-3-5-11-17/h6-7,12-13,16-17H,3-5,8-11,14-15H2,1-2H3,(H,22,27)(H,23,26)/t16-/m0/s1. The molecule has 0 spiro atoms. The molecule has 1 aromatic carbocycles. The quantitative estimate of drug-likeness (QED) is 0.714. The van der Waals surface area contributed by atoms with Crippen LogP contribution in [0.3, 0.4) is 0 Å². The largest absolute Gasteiger partial charge is 0.349 e. The highest BCUT2D eigenvalue weighted by molar-refractivity contribution is 7.86. The first-order valence-electron chi connectivity index (χ1n) is 10.7. The zero-order valence-electron chi connectivity index (χ0n) is 17.8. The third kappa shape index (κ3) is 5.39. The second-order valence-electron chi connectivity index (χ2n) is 8.33. The molecular formula is C21H32N4O4S. The van der Waals surface area contributed by atoms with Crippen molar-refractivity contribution in [2.75, 3.05) is 32.5 Å². The Bertz CT molecular complexity index is 866. The van der Waals surface area contributed by atoms with Crippen LogP contribution in [0.2, 0.25) is 0 Å². The van der Waals surface area contributed by atoms with Crippen LogP contribution in [0, 0.1) is 5.92 Å². The summed E-state index contributed by atoms with van der Waals surface area (Å²) in [6, 6.07) is 7.15. The molecule has 2 fully saturated rings. The lowest BCUT2D eigenvalue weighted by atomic mass is 9.95. The minimum absolute atomic E-state index is 0.142. The maximum atomic E-state index is 12.9. The summed E-state index contributed by atoms with van der Waals surface area (Å²) in [6.45, 7) is 0.549. The van der Waals surface area contributed by atoms with E-state index in [4.69, 9.17) is 0 Å². The van der Waals surface area contributed by atoms with E-state index in [-0.39, 0.29) is 24.4 Å². The Balaban J connectivity index is 1.67. The van der Waals surface area contributed by atoms with Crippen molar-refractivity contribution in [2.24, 2.45) is 5.92 Å². The topological polar surface area (TPSA) is 98.8 Å². The molecule has 3 rings (SSSR count). The van der Waals surface area contributed by atoms with Crippen LogP contribution in [-0.4, -0.2) is 62.1 Å². The molecule has 2 aliphatic rings. The SMILES string of the molecule is CN(C)S(=O)(=O)N1CCC[C@H](C(=O)Nc2ccccc2C(=O)NC2CCCCC2)C1. The van der Waals surface area contributed by atoms with Crippen LogP contribution in [-0.2, 0) is 15.0 Å². The van der Waals surface area contributed by atoms with Crippen molar-refractivity contribution in [3.63, 3.8) is 0 Å². The molecule has 1 aliphatic heterocycles. The molecule has 0 unspecified atom stereocenters. The summed E-state index contributed by atoms with van der Waals surface area (Å²) in [5, 5.41) is 5.95. The Labute approximate surface area is 179 Å². The van der Waals surface area contributed by atoms with Gasteiger partial charge in [0.05, 0.1) is 17.2 Å². The van der Waals surface area contributed by atoms with E-state index in [9.17, 15) is 18.0 Å². The third-order valence-corrected chi connectivity index (χ3v) is 7.82. The lowest BCUT2D eigenvalue weighted by Crippen LogP contribution is -2.47. The molecule has 9 heteroatoms. The zero-order chi connectivity index (χ0) is 21.7. The number of para-hydroxylation sites is 1. The summed E-state index contributed by atoms with van der Waals surface area (Å²) < 4.78 is 27.3. The molecule has 1 atom stereocenters. The van der Waals surface area contributed by atoms with E-state index in [2.05, 4.69) is 10.6 Å². The van der Waals surface area contributed by atoms with Gasteiger partial charge in [0.25, 0.3) is 16.1 Å². The highest BCUT2D eigenvalue weighted by Gasteiger charge is 2.33. The van der Waals surface area contributed by atoms with Gasteiger partial charge in [-0.3, -0.25) is 9.59 Å². The van der Waals surface area contributed by atoms with Crippen molar-refractivity contribution in [2.45, 2.75) is 51.0 Å². The van der Waals surface area contributed by atoms with Crippen LogP contribution in [0.1, 0.15) is 55.3 Å². The van der Waals surface area contributed by atoms with Crippen LogP contribution in [0.4, 0.5) is 5.69 Å². The van der Waals surface area contributed by atoms with Crippen LogP contribution >= 0.6 is 0 Å². The average molecular weight is 437 g/mol. The number of anilines is 1. The Morgan fingerprint density at radius 1 is 1.03 bits per heavy atom. The van der Waals surface area contributed by atoms with E-state index in [1.54, 1.807) is 24.3 Å². The number of piperidine rings is 1. The summed E-state index contributed by atoms with van der Waals surface area (Å²) in [5.74, 6) is -0.896. The Hall–Kier alpha value is -1.97. The molecule has 1 aromatic rings. The van der Waals surface area contributed by atoms with Gasteiger partial charge in [-0.05, 0) is 37.8 Å². The molecule has 1 saturated heterocycles. The predicted molar refractivity (Wildman–Crippen MR) is 116 cm³/mol. The van der Waals surface area contributed by atoms with Gasteiger partial charge in [0, 0.05) is 33.2 Å². The highest BCUT2D eigenvalue weighted by atomic mass is 32.2. The van der Waals surface area contributed by atoms with Gasteiger partial charge in [-0.15, -0.1) is 0 Å². The number of nitrogens with one attached hydrogen (secondary N) is 2. The van der Waals surface area contributed by atoms with Gasteiger partial charge in [0.2, 0.25) is 5.91 Å². The van der Waals surface area contributed by atoms with E-state index in [1.165, 1.54) is 24.8 Å². The number of carbonyl (C=O) groups excluding carboxylic acids is 2. The molecule has 0 aromatic heterocycles. The average Bonchev–Trinajstić information content (AvgIpc) is 2.74. The minimum Gasteiger partial charge on any atom is -0.349 e. The number of nitrogens with zero attached hydrogens (tertiary/aromatic N) is 2. The van der Waals surface area contributed by atoms with Gasteiger partial charge >= 0.3 is 0 Å². The molecule has 166 valence electrons. The monoisotopic (exact) mass is 436 g/mol. The minimum atomic E-state index is -3.55. The van der Waals surface area contributed by atoms with Gasteiger partial charge in [-0.25, -0.2) is 0 Å². The number of rotatable bonds is 6. The molecule has 1 saturated carbocycles. The summed E-state index contributed by atoms with van der Waals surface area (Å²) >= 11 is 0. The second-order valence-corrected chi connectivity index (χ2v) is 10.5. The van der Waals surface area contributed by atoms with Crippen LogP contribution in [0.25, 0.3) is 0 Å². The highest BCUT2D eigenvalue weighted by Crippen LogP contribution is 2.24. The maximum absolute atomic E-state index is 12.9. The lowest BCUT2D eigenvalue weighted by molar-refractivity contribution is -0.120. The first-order chi connectivity index (χ1) is 14.3. The van der Waals surface area contributed by atoms with E-state index >= 15 is 0 Å². The van der Waals surface area contributed by atoms with Crippen molar-refractivity contribution in [1.29, 1.82) is 0 Å². The smallest absolute Gasteiger partial charge is 0.281 e. The number of benzene rings is 1. The van der Waals surface area contributed by atoms with Gasteiger partial charge in [-0.1, -0.05) is 31.4 Å². The van der Waals surface area contributed by atoms with Gasteiger partial charge in [-0.2, -0.15) is 17.0 Å². The third-order valence-electron chi connectivity index (χ3n) is 5.91. The number of carbonyl (C=O) groups is 2. The van der Waals surface area contributed by atoms with Gasteiger partial charge < -0.3 is 10.6 Å². The molecule has 1 heterocycles. The fourth-order valence-electron chi connectivity index (χ4n) is 4.13. The van der Waals surface area contributed by atoms with Crippen molar-refractivity contribution in [3.8, 4) is 0 Å². The second kappa shape index (κ2) is 9.89. The molecule has 30 heavy (non-hydrogen) atoms. The maximum Gasteiger partial charge on any atom is 0.281 e. The number of hydrogen-bond donors (Lipinski definition) is 2. The molecule has 2 amide bonds. The summed E-state index contributed by atoms with van der Waals surface area (Å²) in [4.78, 5) is 25.7. The Morgan fingerprint density at radius 2 is 1.73 bits per heavy atom. The first-order valence-corrected chi connectivity index (χ1v) is 12.1. The molecule has 1 aliphatic carbocycles. The van der Waals surface area contributed by atoms with E-state index in [0.717, 1.165) is 30.0 Å². The summed E-state index contributed by atoms with van der Waals surface area (Å²) in [5.41, 5.74) is 0.897. The molecule has 0 bridgehead atoms. The predicted octanol–water partition coefficient (Wildman–Crippen LogP) is 2.21. The van der Waals surface area contributed by atoms with Crippen molar-refractivity contribution >= 4 is 27.7 Å². The van der Waals surface area contributed by atoms with Crippen molar-refractivity contribution in [3.05, 3.63) is 29.8 Å². The number of hydrogen-bond acceptors (Lipinski definition) is 4. The van der Waals surface area contributed by atoms with E-state index < -0.39 is 16.1 Å². The van der Waals surface area contributed by atoms with E-state index in [1.807, 2.05) is 0 Å². The molecular weight excluding hydrogens is 404 g/mol. The first kappa shape index (κ1) is 22.7. The van der Waals surface area contributed by atoms with Crippen molar-refractivity contribution < 1.29 is 18.0 Å². The lowest BCUT2D eigenvalue weighted by Gasteiger charge is -2.32. The molecule has 2 N–H and O–H groups in total. The molecule has 8 nitrogen and oxygen atoms in total. The number of amides is 2. The Morgan fingerprint density at radius 3 is 2.43 bits per heavy atom. The Kier molecular flexibility index (Phi) is 7.49.